The molecule has 0 saturated heterocycles. The van der Waals surface area contributed by atoms with E-state index in [1.165, 1.54) is 6.92 Å². The Balaban J connectivity index is 4.63. The number of ether oxygens (including phenoxy) is 1. The molecule has 0 aromatic carbocycles. The van der Waals surface area contributed by atoms with E-state index in [1.807, 2.05) is 21.1 Å². The summed E-state index contributed by atoms with van der Waals surface area (Å²) in [5.74, 6) is -4.60. The van der Waals surface area contributed by atoms with Crippen LogP contribution in [0.2, 0.25) is 0 Å². The van der Waals surface area contributed by atoms with Crippen molar-refractivity contribution in [2.45, 2.75) is 19.4 Å². The van der Waals surface area contributed by atoms with Gasteiger partial charge < -0.3 is 19.4 Å². The van der Waals surface area contributed by atoms with E-state index in [9.17, 15) is 14.4 Å². The number of hydrogen-bond donors (Lipinski definition) is 2. The molecule has 0 spiro atoms. The second kappa shape index (κ2) is 6.34. The normalized spacial score (nSPS) is 14.7. The van der Waals surface area contributed by atoms with Gasteiger partial charge in [0.2, 0.25) is 0 Å². The van der Waals surface area contributed by atoms with Crippen molar-refractivity contribution >= 4 is 17.9 Å². The number of aliphatic carboxylic acids is 2. The fourth-order valence-corrected chi connectivity index (χ4v) is 1.32. The van der Waals surface area contributed by atoms with Gasteiger partial charge in [0, 0.05) is 0 Å². The van der Waals surface area contributed by atoms with Gasteiger partial charge in [0.1, 0.15) is 6.54 Å². The molecular formula is C11H20NO6+. The van der Waals surface area contributed by atoms with Crippen molar-refractivity contribution in [3.8, 4) is 0 Å². The molecule has 0 aliphatic carbocycles. The first kappa shape index (κ1) is 16.4. The number of carboxylic acids is 2. The van der Waals surface area contributed by atoms with Gasteiger partial charge in [0.25, 0.3) is 0 Å². The van der Waals surface area contributed by atoms with E-state index >= 15 is 0 Å². The van der Waals surface area contributed by atoms with Crippen molar-refractivity contribution in [3.63, 3.8) is 0 Å². The summed E-state index contributed by atoms with van der Waals surface area (Å²) in [4.78, 5) is 32.7. The number of likely N-dealkylation sites (N-methyl/N-ethyl adjacent to an activating group) is 1. The second-order valence-electron chi connectivity index (χ2n) is 5.19. The average molecular weight is 262 g/mol. The maximum atomic E-state index is 11.5. The first-order valence-corrected chi connectivity index (χ1v) is 5.48. The summed E-state index contributed by atoms with van der Waals surface area (Å²) >= 11 is 0. The van der Waals surface area contributed by atoms with Crippen LogP contribution in [0.4, 0.5) is 0 Å². The Morgan fingerprint density at radius 3 is 2.00 bits per heavy atom. The van der Waals surface area contributed by atoms with Crippen LogP contribution in [-0.2, 0) is 19.1 Å². The van der Waals surface area contributed by atoms with E-state index in [0.29, 0.717) is 11.0 Å². The van der Waals surface area contributed by atoms with Crippen LogP contribution in [0.3, 0.4) is 0 Å². The third kappa shape index (κ3) is 6.85. The van der Waals surface area contributed by atoms with Gasteiger partial charge in [-0.05, 0) is 6.92 Å². The number of carbonyl (C=O) groups is 3. The van der Waals surface area contributed by atoms with Crippen molar-refractivity contribution in [1.29, 1.82) is 0 Å². The molecule has 0 fully saturated rings. The molecule has 0 saturated carbocycles. The highest BCUT2D eigenvalue weighted by Crippen LogP contribution is 2.09. The minimum absolute atomic E-state index is 0.296. The molecule has 0 aromatic rings. The summed E-state index contributed by atoms with van der Waals surface area (Å²) in [7, 11) is 5.47. The van der Waals surface area contributed by atoms with E-state index in [-0.39, 0.29) is 6.42 Å². The van der Waals surface area contributed by atoms with Gasteiger partial charge in [-0.2, -0.15) is 0 Å². The van der Waals surface area contributed by atoms with Gasteiger partial charge in [-0.1, -0.05) is 0 Å². The average Bonchev–Trinajstić information content (AvgIpc) is 2.11. The number of carboxylic acid groups (broad SMARTS) is 2. The standard InChI is InChI=1S/C11H19NO6/c1-7(10(15)16)11(17)18-8(5-9(13)14)6-12(2,3)4/h7-8H,5-6H2,1-4H3,(H-,13,14,15,16)/p+1. The lowest BCUT2D eigenvalue weighted by atomic mass is 10.2. The monoisotopic (exact) mass is 262 g/mol. The van der Waals surface area contributed by atoms with Gasteiger partial charge >= 0.3 is 17.9 Å². The lowest BCUT2D eigenvalue weighted by Crippen LogP contribution is -2.44. The van der Waals surface area contributed by atoms with Crippen molar-refractivity contribution in [2.24, 2.45) is 5.92 Å². The molecular weight excluding hydrogens is 242 g/mol. The number of esters is 1. The van der Waals surface area contributed by atoms with Gasteiger partial charge in [-0.3, -0.25) is 14.4 Å². The van der Waals surface area contributed by atoms with E-state index in [2.05, 4.69) is 0 Å². The van der Waals surface area contributed by atoms with Crippen LogP contribution in [-0.4, -0.2) is 66.4 Å². The van der Waals surface area contributed by atoms with E-state index in [4.69, 9.17) is 14.9 Å². The molecule has 0 rings (SSSR count). The van der Waals surface area contributed by atoms with Gasteiger partial charge in [0.15, 0.2) is 12.0 Å². The van der Waals surface area contributed by atoms with Crippen LogP contribution in [0.5, 0.6) is 0 Å². The zero-order chi connectivity index (χ0) is 14.5. The summed E-state index contributed by atoms with van der Waals surface area (Å²) in [5, 5.41) is 17.4. The van der Waals surface area contributed by atoms with Gasteiger partial charge in [-0.15, -0.1) is 0 Å². The fourth-order valence-electron chi connectivity index (χ4n) is 1.32. The molecule has 7 nitrogen and oxygen atoms in total. The molecule has 0 aliphatic rings. The van der Waals surface area contributed by atoms with Crippen LogP contribution in [0.15, 0.2) is 0 Å². The molecule has 2 N–H and O–H groups in total. The van der Waals surface area contributed by atoms with Crippen molar-refractivity contribution < 1.29 is 33.8 Å². The second-order valence-corrected chi connectivity index (χ2v) is 5.19. The molecule has 0 aromatic heterocycles. The number of nitrogens with zero attached hydrogens (tertiary/aromatic N) is 1. The SMILES string of the molecule is CC(C(=O)O)C(=O)OC(CC(=O)O)C[N+](C)(C)C. The maximum Gasteiger partial charge on any atom is 0.320 e. The largest absolute Gasteiger partial charge is 0.481 e. The van der Waals surface area contributed by atoms with Crippen molar-refractivity contribution in [1.82, 2.24) is 0 Å². The zero-order valence-corrected chi connectivity index (χ0v) is 11.0. The van der Waals surface area contributed by atoms with E-state index in [0.717, 1.165) is 0 Å². The Hall–Kier alpha value is -1.63. The summed E-state index contributed by atoms with van der Waals surface area (Å²) in [6.45, 7) is 1.50. The van der Waals surface area contributed by atoms with Crippen LogP contribution >= 0.6 is 0 Å². The minimum Gasteiger partial charge on any atom is -0.481 e. The Labute approximate surface area is 106 Å². The number of hydrogen-bond acceptors (Lipinski definition) is 4. The molecule has 104 valence electrons. The summed E-state index contributed by atoms with van der Waals surface area (Å²) in [6.07, 6.45) is -1.18. The maximum absolute atomic E-state index is 11.5. The summed E-state index contributed by atoms with van der Waals surface area (Å²) in [6, 6.07) is 0. The molecule has 0 radical (unpaired) electrons. The highest BCUT2D eigenvalue weighted by molar-refractivity contribution is 5.93. The number of quaternary nitrogens is 1. The van der Waals surface area contributed by atoms with Gasteiger partial charge in [-0.25, -0.2) is 0 Å². The first-order valence-electron chi connectivity index (χ1n) is 5.48. The van der Waals surface area contributed by atoms with Crippen LogP contribution < -0.4 is 0 Å². The van der Waals surface area contributed by atoms with Crippen molar-refractivity contribution in [3.05, 3.63) is 0 Å². The van der Waals surface area contributed by atoms with E-state index < -0.39 is 29.9 Å². The predicted molar refractivity (Wildman–Crippen MR) is 61.8 cm³/mol. The Bertz CT molecular complexity index is 333. The Morgan fingerprint density at radius 2 is 1.67 bits per heavy atom. The van der Waals surface area contributed by atoms with E-state index in [1.54, 1.807) is 0 Å². The minimum atomic E-state index is -1.30. The lowest BCUT2D eigenvalue weighted by Gasteiger charge is -2.28. The molecule has 7 heteroatoms. The van der Waals surface area contributed by atoms with Crippen LogP contribution in [0.25, 0.3) is 0 Å². The molecule has 0 amide bonds. The smallest absolute Gasteiger partial charge is 0.320 e. The van der Waals surface area contributed by atoms with Gasteiger partial charge in [0.05, 0.1) is 27.6 Å². The molecule has 0 bridgehead atoms. The first-order chi connectivity index (χ1) is 8.03. The molecule has 2 unspecified atom stereocenters. The molecule has 2 atom stereocenters. The number of carbonyl (C=O) groups excluding carboxylic acids is 1. The molecule has 0 heterocycles. The van der Waals surface area contributed by atoms with Crippen molar-refractivity contribution in [2.75, 3.05) is 27.7 Å². The topological polar surface area (TPSA) is 101 Å². The fraction of sp³-hybridized carbons (Fsp3) is 0.727. The quantitative estimate of drug-likeness (QED) is 0.374. The highest BCUT2D eigenvalue weighted by Gasteiger charge is 2.29. The predicted octanol–water partition coefficient (Wildman–Crippen LogP) is -0.200. The molecule has 0 aliphatic heterocycles. The molecule has 18 heavy (non-hydrogen) atoms. The Morgan fingerprint density at radius 1 is 1.17 bits per heavy atom. The highest BCUT2D eigenvalue weighted by atomic mass is 16.5. The number of rotatable bonds is 7. The summed E-state index contributed by atoms with van der Waals surface area (Å²) in [5.41, 5.74) is 0. The van der Waals surface area contributed by atoms with Crippen LogP contribution in [0.1, 0.15) is 13.3 Å². The Kier molecular flexibility index (Phi) is 5.77. The lowest BCUT2D eigenvalue weighted by molar-refractivity contribution is -0.873. The van der Waals surface area contributed by atoms with Crippen LogP contribution in [0, 0.1) is 5.92 Å². The third-order valence-electron chi connectivity index (χ3n) is 2.16. The zero-order valence-electron chi connectivity index (χ0n) is 11.0. The third-order valence-corrected chi connectivity index (χ3v) is 2.16. The summed E-state index contributed by atoms with van der Waals surface area (Å²) < 4.78 is 5.35.